The van der Waals surface area contributed by atoms with Crippen molar-refractivity contribution in [2.75, 3.05) is 26.2 Å². The topological polar surface area (TPSA) is 54.7 Å². The summed E-state index contributed by atoms with van der Waals surface area (Å²) >= 11 is 0. The molecule has 148 valence electrons. The third-order valence-electron chi connectivity index (χ3n) is 4.82. The fraction of sp³-hybridized carbons (Fsp3) is 0.348. The number of rotatable bonds is 10. The van der Waals surface area contributed by atoms with Crippen LogP contribution in [-0.2, 0) is 6.61 Å². The summed E-state index contributed by atoms with van der Waals surface area (Å²) in [5.74, 6) is 1.54. The van der Waals surface area contributed by atoms with Crippen LogP contribution in [0.1, 0.15) is 36.6 Å². The molecule has 5 heteroatoms. The highest BCUT2D eigenvalue weighted by molar-refractivity contribution is 5.91. The van der Waals surface area contributed by atoms with Gasteiger partial charge in [0.15, 0.2) is 5.76 Å². The molecule has 1 amide bonds. The van der Waals surface area contributed by atoms with E-state index >= 15 is 0 Å². The Morgan fingerprint density at radius 3 is 2.61 bits per heavy atom. The van der Waals surface area contributed by atoms with E-state index in [1.54, 1.807) is 12.1 Å². The first-order chi connectivity index (χ1) is 13.7. The normalized spacial score (nSPS) is 11.1. The molecule has 3 rings (SSSR count). The maximum Gasteiger partial charge on any atom is 0.286 e. The summed E-state index contributed by atoms with van der Waals surface area (Å²) in [4.78, 5) is 14.5. The predicted molar refractivity (Wildman–Crippen MR) is 112 cm³/mol. The van der Waals surface area contributed by atoms with Crippen LogP contribution in [0.15, 0.2) is 59.0 Å². The van der Waals surface area contributed by atoms with Gasteiger partial charge in [0.1, 0.15) is 18.1 Å². The maximum atomic E-state index is 12.2. The van der Waals surface area contributed by atoms with Gasteiger partial charge in [0.05, 0.1) is 0 Å². The molecule has 0 aliphatic heterocycles. The van der Waals surface area contributed by atoms with Gasteiger partial charge >= 0.3 is 0 Å². The Hall–Kier alpha value is -2.79. The van der Waals surface area contributed by atoms with Crippen molar-refractivity contribution in [2.45, 2.75) is 26.9 Å². The lowest BCUT2D eigenvalue weighted by Gasteiger charge is -2.17. The molecule has 0 fully saturated rings. The SMILES string of the molecule is CCN(CC)CCCNC(=O)c1ccc(COc2ccc3ccccc3c2)o1. The number of benzene rings is 2. The minimum atomic E-state index is -0.184. The van der Waals surface area contributed by atoms with Gasteiger partial charge in [-0.2, -0.15) is 0 Å². The Morgan fingerprint density at radius 2 is 1.82 bits per heavy atom. The van der Waals surface area contributed by atoms with Crippen molar-refractivity contribution >= 4 is 16.7 Å². The van der Waals surface area contributed by atoms with E-state index in [4.69, 9.17) is 9.15 Å². The second kappa shape index (κ2) is 9.95. The number of amides is 1. The molecule has 3 aromatic rings. The van der Waals surface area contributed by atoms with E-state index in [-0.39, 0.29) is 12.5 Å². The van der Waals surface area contributed by atoms with Gasteiger partial charge in [-0.05, 0) is 61.1 Å². The van der Waals surface area contributed by atoms with Gasteiger partial charge in [-0.25, -0.2) is 0 Å². The summed E-state index contributed by atoms with van der Waals surface area (Å²) in [5, 5.41) is 5.21. The minimum absolute atomic E-state index is 0.184. The second-order valence-corrected chi connectivity index (χ2v) is 6.70. The highest BCUT2D eigenvalue weighted by Crippen LogP contribution is 2.21. The van der Waals surface area contributed by atoms with Crippen molar-refractivity contribution in [1.82, 2.24) is 10.2 Å². The summed E-state index contributed by atoms with van der Waals surface area (Å²) in [6.45, 7) is 8.26. The highest BCUT2D eigenvalue weighted by atomic mass is 16.5. The number of nitrogens with one attached hydrogen (secondary N) is 1. The smallest absolute Gasteiger partial charge is 0.286 e. The molecule has 1 aromatic heterocycles. The van der Waals surface area contributed by atoms with Gasteiger partial charge in [-0.1, -0.05) is 44.2 Å². The zero-order valence-electron chi connectivity index (χ0n) is 16.6. The molecule has 1 N–H and O–H groups in total. The number of ether oxygens (including phenoxy) is 1. The Bertz CT molecular complexity index is 900. The number of nitrogens with zero attached hydrogens (tertiary/aromatic N) is 1. The van der Waals surface area contributed by atoms with E-state index in [1.165, 1.54) is 5.39 Å². The lowest BCUT2D eigenvalue weighted by Crippen LogP contribution is -2.29. The van der Waals surface area contributed by atoms with Crippen molar-refractivity contribution in [3.63, 3.8) is 0 Å². The van der Waals surface area contributed by atoms with Gasteiger partial charge in [0, 0.05) is 6.54 Å². The van der Waals surface area contributed by atoms with Crippen molar-refractivity contribution in [2.24, 2.45) is 0 Å². The number of carbonyl (C=O) groups excluding carboxylic acids is 1. The van der Waals surface area contributed by atoms with Crippen LogP contribution in [0, 0.1) is 0 Å². The Labute approximate surface area is 166 Å². The molecular weight excluding hydrogens is 352 g/mol. The summed E-state index contributed by atoms with van der Waals surface area (Å²) in [5.41, 5.74) is 0. The lowest BCUT2D eigenvalue weighted by atomic mass is 10.1. The van der Waals surface area contributed by atoms with Crippen molar-refractivity contribution in [3.05, 3.63) is 66.1 Å². The maximum absolute atomic E-state index is 12.2. The average molecular weight is 380 g/mol. The third-order valence-corrected chi connectivity index (χ3v) is 4.82. The largest absolute Gasteiger partial charge is 0.486 e. The standard InChI is InChI=1S/C23H28N2O3/c1-3-25(4-2)15-7-14-24-23(26)22-13-12-21(28-22)17-27-20-11-10-18-8-5-6-9-19(18)16-20/h5-6,8-13,16H,3-4,7,14-15,17H2,1-2H3,(H,24,26). The van der Waals surface area contributed by atoms with Crippen LogP contribution in [0.25, 0.3) is 10.8 Å². The van der Waals surface area contributed by atoms with E-state index < -0.39 is 0 Å². The van der Waals surface area contributed by atoms with E-state index in [1.807, 2.05) is 30.3 Å². The fourth-order valence-corrected chi connectivity index (χ4v) is 3.12. The van der Waals surface area contributed by atoms with Crippen molar-refractivity contribution in [3.8, 4) is 5.75 Å². The lowest BCUT2D eigenvalue weighted by molar-refractivity contribution is 0.0920. The molecule has 5 nitrogen and oxygen atoms in total. The number of furan rings is 1. The third kappa shape index (κ3) is 5.36. The summed E-state index contributed by atoms with van der Waals surface area (Å²) in [6.07, 6.45) is 0.923. The van der Waals surface area contributed by atoms with E-state index in [0.717, 1.165) is 37.2 Å². The van der Waals surface area contributed by atoms with Crippen LogP contribution in [0.2, 0.25) is 0 Å². The van der Waals surface area contributed by atoms with Crippen LogP contribution in [-0.4, -0.2) is 37.0 Å². The van der Waals surface area contributed by atoms with Crippen molar-refractivity contribution in [1.29, 1.82) is 0 Å². The van der Waals surface area contributed by atoms with E-state index in [9.17, 15) is 4.79 Å². The summed E-state index contributed by atoms with van der Waals surface area (Å²) in [7, 11) is 0. The van der Waals surface area contributed by atoms with Gasteiger partial charge in [0.2, 0.25) is 0 Å². The highest BCUT2D eigenvalue weighted by Gasteiger charge is 2.11. The Balaban J connectivity index is 1.47. The molecule has 0 aliphatic rings. The number of hydrogen-bond donors (Lipinski definition) is 1. The predicted octanol–water partition coefficient (Wildman–Crippen LogP) is 4.47. The first-order valence-corrected chi connectivity index (χ1v) is 9.90. The molecule has 0 bridgehead atoms. The average Bonchev–Trinajstić information content (AvgIpc) is 3.21. The van der Waals surface area contributed by atoms with Crippen LogP contribution in [0.4, 0.5) is 0 Å². The first kappa shape index (κ1) is 20.0. The van der Waals surface area contributed by atoms with E-state index in [2.05, 4.69) is 36.2 Å². The molecule has 0 saturated heterocycles. The van der Waals surface area contributed by atoms with Gasteiger partial charge < -0.3 is 19.4 Å². The summed E-state index contributed by atoms with van der Waals surface area (Å²) in [6, 6.07) is 17.6. The molecule has 0 radical (unpaired) electrons. The Kier molecular flexibility index (Phi) is 7.09. The van der Waals surface area contributed by atoms with Crippen LogP contribution < -0.4 is 10.1 Å². The quantitative estimate of drug-likeness (QED) is 0.527. The Morgan fingerprint density at radius 1 is 1.04 bits per heavy atom. The van der Waals surface area contributed by atoms with Crippen LogP contribution in [0.5, 0.6) is 5.75 Å². The molecule has 0 spiro atoms. The van der Waals surface area contributed by atoms with Crippen LogP contribution in [0.3, 0.4) is 0 Å². The van der Waals surface area contributed by atoms with Crippen molar-refractivity contribution < 1.29 is 13.9 Å². The zero-order valence-corrected chi connectivity index (χ0v) is 16.6. The molecule has 0 saturated carbocycles. The summed E-state index contributed by atoms with van der Waals surface area (Å²) < 4.78 is 11.4. The molecular formula is C23H28N2O3. The molecule has 0 aliphatic carbocycles. The monoisotopic (exact) mass is 380 g/mol. The zero-order chi connectivity index (χ0) is 19.8. The van der Waals surface area contributed by atoms with Gasteiger partial charge in [-0.15, -0.1) is 0 Å². The minimum Gasteiger partial charge on any atom is -0.486 e. The molecule has 28 heavy (non-hydrogen) atoms. The van der Waals surface area contributed by atoms with Gasteiger partial charge in [-0.3, -0.25) is 4.79 Å². The van der Waals surface area contributed by atoms with Crippen LogP contribution >= 0.6 is 0 Å². The number of fused-ring (bicyclic) bond motifs is 1. The fourth-order valence-electron chi connectivity index (χ4n) is 3.12. The first-order valence-electron chi connectivity index (χ1n) is 9.90. The number of hydrogen-bond acceptors (Lipinski definition) is 4. The van der Waals surface area contributed by atoms with E-state index in [0.29, 0.717) is 18.1 Å². The number of carbonyl (C=O) groups is 1. The second-order valence-electron chi connectivity index (χ2n) is 6.70. The molecule has 0 unspecified atom stereocenters. The van der Waals surface area contributed by atoms with Gasteiger partial charge in [0.25, 0.3) is 5.91 Å². The molecule has 1 heterocycles. The molecule has 2 aromatic carbocycles. The molecule has 0 atom stereocenters.